The zero-order chi connectivity index (χ0) is 26.4. The fourth-order valence-corrected chi connectivity index (χ4v) is 4.74. The molecule has 0 radical (unpaired) electrons. The second-order valence-corrected chi connectivity index (χ2v) is 9.29. The van der Waals surface area contributed by atoms with Crippen LogP contribution >= 0.6 is 11.8 Å². The van der Waals surface area contributed by atoms with Gasteiger partial charge in [-0.3, -0.25) is 19.3 Å². The van der Waals surface area contributed by atoms with Crippen LogP contribution in [0.1, 0.15) is 22.5 Å². The number of hydrogen-bond acceptors (Lipinski definition) is 8. The number of thioether (sulfide) groups is 1. The van der Waals surface area contributed by atoms with Gasteiger partial charge < -0.3 is 24.5 Å². The molecule has 1 aliphatic heterocycles. The molecule has 3 amide bonds. The van der Waals surface area contributed by atoms with Gasteiger partial charge in [-0.05, 0) is 61.4 Å². The Bertz CT molecular complexity index is 1340. The van der Waals surface area contributed by atoms with E-state index >= 15 is 0 Å². The summed E-state index contributed by atoms with van der Waals surface area (Å²) in [6.45, 7) is 2.58. The molecular weight excluding hydrogens is 494 g/mol. The monoisotopic (exact) mass is 521 g/mol. The Morgan fingerprint density at radius 3 is 2.62 bits per heavy atom. The van der Waals surface area contributed by atoms with Crippen molar-refractivity contribution in [1.82, 2.24) is 4.90 Å². The van der Waals surface area contributed by atoms with Gasteiger partial charge in [0.05, 0.1) is 19.1 Å². The standard InChI is InChI=1S/C27H27N3O6S/c1-17-10-11-21(35-3)20(15-17)29-23-24(27(33)30(26(23)32)12-6-13-34-2)37-19-8-4-7-18(16-19)28-25(31)22-9-5-14-36-22/h4-5,7-11,14-16,29H,6,12-13H2,1-3H3,(H,28,31). The number of hydrogen-bond donors (Lipinski definition) is 2. The maximum absolute atomic E-state index is 13.4. The van der Waals surface area contributed by atoms with Gasteiger partial charge in [0.2, 0.25) is 0 Å². The quantitative estimate of drug-likeness (QED) is 0.277. The average Bonchev–Trinajstić information content (AvgIpc) is 3.50. The first-order valence-electron chi connectivity index (χ1n) is 11.5. The highest BCUT2D eigenvalue weighted by Gasteiger charge is 2.39. The molecule has 0 bridgehead atoms. The first-order chi connectivity index (χ1) is 17.9. The van der Waals surface area contributed by atoms with E-state index in [-0.39, 0.29) is 22.9 Å². The van der Waals surface area contributed by atoms with Crippen LogP contribution in [-0.4, -0.2) is 50.0 Å². The van der Waals surface area contributed by atoms with E-state index in [0.29, 0.717) is 35.0 Å². The molecule has 37 heavy (non-hydrogen) atoms. The number of ether oxygens (including phenoxy) is 2. The normalized spacial score (nSPS) is 13.3. The van der Waals surface area contributed by atoms with Gasteiger partial charge in [0, 0.05) is 30.8 Å². The third kappa shape index (κ3) is 6.04. The lowest BCUT2D eigenvalue weighted by molar-refractivity contribution is -0.137. The van der Waals surface area contributed by atoms with Crippen molar-refractivity contribution >= 4 is 40.9 Å². The largest absolute Gasteiger partial charge is 0.495 e. The summed E-state index contributed by atoms with van der Waals surface area (Å²) < 4.78 is 15.7. The Hall–Kier alpha value is -4.02. The molecule has 2 heterocycles. The number of imide groups is 1. The van der Waals surface area contributed by atoms with Gasteiger partial charge in [0.15, 0.2) is 5.76 Å². The molecular formula is C27H27N3O6S. The van der Waals surface area contributed by atoms with E-state index in [2.05, 4.69) is 10.6 Å². The molecule has 0 atom stereocenters. The van der Waals surface area contributed by atoms with Crippen molar-refractivity contribution in [3.63, 3.8) is 0 Å². The number of nitrogens with zero attached hydrogens (tertiary/aromatic N) is 1. The van der Waals surface area contributed by atoms with Crippen molar-refractivity contribution in [2.24, 2.45) is 0 Å². The topological polar surface area (TPSA) is 110 Å². The van der Waals surface area contributed by atoms with E-state index in [9.17, 15) is 14.4 Å². The predicted octanol–water partition coefficient (Wildman–Crippen LogP) is 4.67. The maximum atomic E-state index is 13.4. The summed E-state index contributed by atoms with van der Waals surface area (Å²) in [6.07, 6.45) is 1.94. The van der Waals surface area contributed by atoms with Gasteiger partial charge in [-0.2, -0.15) is 0 Å². The van der Waals surface area contributed by atoms with Crippen LogP contribution in [0.15, 0.2) is 80.8 Å². The lowest BCUT2D eigenvalue weighted by atomic mass is 10.2. The molecule has 9 nitrogen and oxygen atoms in total. The van der Waals surface area contributed by atoms with E-state index in [1.54, 1.807) is 56.7 Å². The second-order valence-electron chi connectivity index (χ2n) is 8.20. The van der Waals surface area contributed by atoms with Crippen LogP contribution in [0.25, 0.3) is 0 Å². The zero-order valence-electron chi connectivity index (χ0n) is 20.7. The van der Waals surface area contributed by atoms with Gasteiger partial charge in [0.25, 0.3) is 17.7 Å². The van der Waals surface area contributed by atoms with Crippen molar-refractivity contribution in [1.29, 1.82) is 0 Å². The minimum Gasteiger partial charge on any atom is -0.495 e. The third-order valence-corrected chi connectivity index (χ3v) is 6.60. The SMILES string of the molecule is COCCCN1C(=O)C(Nc2cc(C)ccc2OC)=C(Sc2cccc(NC(=O)c3ccco3)c2)C1=O. The number of anilines is 2. The van der Waals surface area contributed by atoms with E-state index in [0.717, 1.165) is 17.3 Å². The van der Waals surface area contributed by atoms with Crippen LogP contribution in [-0.2, 0) is 14.3 Å². The van der Waals surface area contributed by atoms with E-state index in [1.165, 1.54) is 11.2 Å². The predicted molar refractivity (Wildman–Crippen MR) is 141 cm³/mol. The van der Waals surface area contributed by atoms with Gasteiger partial charge in [-0.25, -0.2) is 0 Å². The highest BCUT2D eigenvalue weighted by molar-refractivity contribution is 8.04. The fourth-order valence-electron chi connectivity index (χ4n) is 3.74. The van der Waals surface area contributed by atoms with E-state index in [4.69, 9.17) is 13.9 Å². The lowest BCUT2D eigenvalue weighted by Gasteiger charge is -2.15. The molecule has 0 saturated heterocycles. The Morgan fingerprint density at radius 2 is 1.89 bits per heavy atom. The Labute approximate surface area is 218 Å². The van der Waals surface area contributed by atoms with Crippen molar-refractivity contribution < 1.29 is 28.3 Å². The molecule has 0 saturated carbocycles. The van der Waals surface area contributed by atoms with E-state index in [1.807, 2.05) is 19.1 Å². The maximum Gasteiger partial charge on any atom is 0.291 e. The van der Waals surface area contributed by atoms with Crippen LogP contribution in [0, 0.1) is 6.92 Å². The molecule has 3 aromatic rings. The van der Waals surface area contributed by atoms with Gasteiger partial charge in [-0.1, -0.05) is 23.9 Å². The minimum atomic E-state index is -0.422. The van der Waals surface area contributed by atoms with E-state index < -0.39 is 17.7 Å². The number of benzene rings is 2. The summed E-state index contributed by atoms with van der Waals surface area (Å²) in [7, 11) is 3.11. The number of nitrogens with one attached hydrogen (secondary N) is 2. The van der Waals surface area contributed by atoms with Crippen LogP contribution in [0.5, 0.6) is 5.75 Å². The summed E-state index contributed by atoms with van der Waals surface area (Å²) in [5.41, 5.74) is 2.23. The number of methoxy groups -OCH3 is 2. The second kappa shape index (κ2) is 11.8. The summed E-state index contributed by atoms with van der Waals surface area (Å²) in [6, 6.07) is 15.8. The van der Waals surface area contributed by atoms with Crippen LogP contribution in [0.4, 0.5) is 11.4 Å². The average molecular weight is 522 g/mol. The van der Waals surface area contributed by atoms with Crippen molar-refractivity contribution in [2.45, 2.75) is 18.2 Å². The molecule has 2 aromatic carbocycles. The number of amides is 3. The molecule has 1 aromatic heterocycles. The number of carbonyl (C=O) groups is 3. The van der Waals surface area contributed by atoms with Crippen molar-refractivity contribution in [2.75, 3.05) is 38.0 Å². The van der Waals surface area contributed by atoms with Gasteiger partial charge >= 0.3 is 0 Å². The number of carbonyl (C=O) groups excluding carboxylic acids is 3. The lowest BCUT2D eigenvalue weighted by Crippen LogP contribution is -2.33. The molecule has 10 heteroatoms. The zero-order valence-corrected chi connectivity index (χ0v) is 21.5. The first-order valence-corrected chi connectivity index (χ1v) is 12.4. The molecule has 0 fully saturated rings. The molecule has 0 unspecified atom stereocenters. The Morgan fingerprint density at radius 1 is 1.05 bits per heavy atom. The Kier molecular flexibility index (Phi) is 8.32. The fraction of sp³-hybridized carbons (Fsp3) is 0.222. The molecule has 0 aliphatic carbocycles. The minimum absolute atomic E-state index is 0.168. The molecule has 192 valence electrons. The van der Waals surface area contributed by atoms with Gasteiger partial charge in [0.1, 0.15) is 16.4 Å². The molecule has 2 N–H and O–H groups in total. The highest BCUT2D eigenvalue weighted by Crippen LogP contribution is 2.38. The molecule has 1 aliphatic rings. The highest BCUT2D eigenvalue weighted by atomic mass is 32.2. The first kappa shape index (κ1) is 26.1. The van der Waals surface area contributed by atoms with Crippen LogP contribution < -0.4 is 15.4 Å². The smallest absolute Gasteiger partial charge is 0.291 e. The summed E-state index contributed by atoms with van der Waals surface area (Å²) in [4.78, 5) is 41.3. The third-order valence-electron chi connectivity index (χ3n) is 5.53. The summed E-state index contributed by atoms with van der Waals surface area (Å²) in [5.74, 6) is -0.484. The summed E-state index contributed by atoms with van der Waals surface area (Å²) in [5, 5.41) is 5.92. The van der Waals surface area contributed by atoms with Gasteiger partial charge in [-0.15, -0.1) is 0 Å². The van der Waals surface area contributed by atoms with Crippen LogP contribution in [0.3, 0.4) is 0 Å². The van der Waals surface area contributed by atoms with Crippen molar-refractivity contribution in [3.05, 3.63) is 82.8 Å². The molecule has 0 spiro atoms. The Balaban J connectivity index is 1.63. The van der Waals surface area contributed by atoms with Crippen LogP contribution in [0.2, 0.25) is 0 Å². The number of aryl methyl sites for hydroxylation is 1. The number of furan rings is 1. The van der Waals surface area contributed by atoms with Crippen molar-refractivity contribution in [3.8, 4) is 5.75 Å². The summed E-state index contributed by atoms with van der Waals surface area (Å²) >= 11 is 1.15. The number of rotatable bonds is 11. The molecule has 4 rings (SSSR count).